The van der Waals surface area contributed by atoms with Crippen molar-refractivity contribution in [3.8, 4) is 0 Å². The third kappa shape index (κ3) is 1.30. The van der Waals surface area contributed by atoms with Crippen LogP contribution in [0.3, 0.4) is 0 Å². The van der Waals surface area contributed by atoms with Crippen molar-refractivity contribution >= 4 is 27.8 Å². The molecule has 0 aliphatic carbocycles. The second-order valence-electron chi connectivity index (χ2n) is 3.95. The number of rotatable bonds is 1. The normalized spacial score (nSPS) is 11.1. The maximum atomic E-state index is 11.0. The van der Waals surface area contributed by atoms with Gasteiger partial charge in [-0.2, -0.15) is 0 Å². The summed E-state index contributed by atoms with van der Waals surface area (Å²) >= 11 is 0. The van der Waals surface area contributed by atoms with E-state index in [2.05, 4.69) is 4.98 Å². The molecule has 0 aliphatic rings. The summed E-state index contributed by atoms with van der Waals surface area (Å²) < 4.78 is 1.62. The van der Waals surface area contributed by atoms with Crippen molar-refractivity contribution in [3.63, 3.8) is 0 Å². The molecule has 84 valence electrons. The van der Waals surface area contributed by atoms with Gasteiger partial charge in [-0.25, -0.2) is 9.78 Å². The van der Waals surface area contributed by atoms with E-state index in [4.69, 9.17) is 5.11 Å². The molecule has 17 heavy (non-hydrogen) atoms. The highest BCUT2D eigenvalue weighted by Gasteiger charge is 2.15. The van der Waals surface area contributed by atoms with Gasteiger partial charge in [-0.15, -0.1) is 0 Å². The van der Waals surface area contributed by atoms with Crippen LogP contribution in [0.15, 0.2) is 36.4 Å². The number of carboxylic acid groups (broad SMARTS) is 1. The Balaban J connectivity index is 2.53. The van der Waals surface area contributed by atoms with E-state index < -0.39 is 5.97 Å². The van der Waals surface area contributed by atoms with Gasteiger partial charge in [0.1, 0.15) is 0 Å². The third-order valence-corrected chi connectivity index (χ3v) is 2.95. The van der Waals surface area contributed by atoms with Crippen LogP contribution < -0.4 is 0 Å². The molecule has 0 saturated carbocycles. The largest absolute Gasteiger partial charge is 0.475 e. The van der Waals surface area contributed by atoms with Gasteiger partial charge in [0.05, 0.1) is 11.0 Å². The molecule has 4 nitrogen and oxygen atoms in total. The SMILES string of the molecule is Cn1c(C(=O)O)nc2ccc3ccccc3c21. The second kappa shape index (κ2) is 3.31. The Labute approximate surface area is 97.1 Å². The first-order chi connectivity index (χ1) is 8.18. The molecule has 1 heterocycles. The maximum absolute atomic E-state index is 11.0. The molecule has 0 bridgehead atoms. The summed E-state index contributed by atoms with van der Waals surface area (Å²) in [7, 11) is 1.73. The van der Waals surface area contributed by atoms with Gasteiger partial charge in [-0.3, -0.25) is 0 Å². The van der Waals surface area contributed by atoms with E-state index in [9.17, 15) is 4.79 Å². The van der Waals surface area contributed by atoms with Crippen LogP contribution in [-0.2, 0) is 7.05 Å². The highest BCUT2D eigenvalue weighted by atomic mass is 16.4. The van der Waals surface area contributed by atoms with Crippen molar-refractivity contribution in [2.75, 3.05) is 0 Å². The smallest absolute Gasteiger partial charge is 0.372 e. The average molecular weight is 226 g/mol. The number of aryl methyl sites for hydroxylation is 1. The molecule has 0 amide bonds. The highest BCUT2D eigenvalue weighted by molar-refractivity contribution is 6.06. The van der Waals surface area contributed by atoms with Crippen molar-refractivity contribution in [1.82, 2.24) is 9.55 Å². The first kappa shape index (κ1) is 9.84. The molecule has 0 saturated heterocycles. The lowest BCUT2D eigenvalue weighted by atomic mass is 10.1. The number of aromatic carboxylic acids is 1. The van der Waals surface area contributed by atoms with Crippen molar-refractivity contribution in [3.05, 3.63) is 42.2 Å². The van der Waals surface area contributed by atoms with Crippen LogP contribution >= 0.6 is 0 Å². The van der Waals surface area contributed by atoms with Gasteiger partial charge in [-0.05, 0) is 11.5 Å². The predicted molar refractivity (Wildman–Crippen MR) is 65.2 cm³/mol. The summed E-state index contributed by atoms with van der Waals surface area (Å²) in [5.74, 6) is -0.941. The Kier molecular flexibility index (Phi) is 1.92. The number of imidazole rings is 1. The van der Waals surface area contributed by atoms with Gasteiger partial charge >= 0.3 is 5.97 Å². The molecule has 0 atom stereocenters. The standard InChI is InChI=1S/C13H10N2O2/c1-15-11-9-5-3-2-4-8(9)6-7-10(11)14-12(15)13(16)17/h2-7H,1H3,(H,16,17). The summed E-state index contributed by atoms with van der Waals surface area (Å²) in [6.45, 7) is 0. The number of hydrogen-bond acceptors (Lipinski definition) is 2. The average Bonchev–Trinajstić information content (AvgIpc) is 2.67. The monoisotopic (exact) mass is 226 g/mol. The molecular weight excluding hydrogens is 216 g/mol. The molecular formula is C13H10N2O2. The van der Waals surface area contributed by atoms with Crippen LogP contribution in [-0.4, -0.2) is 20.6 Å². The molecule has 4 heteroatoms. The van der Waals surface area contributed by atoms with Gasteiger partial charge in [0.25, 0.3) is 0 Å². The van der Waals surface area contributed by atoms with Crippen LogP contribution in [0, 0.1) is 0 Å². The van der Waals surface area contributed by atoms with E-state index in [0.29, 0.717) is 5.52 Å². The minimum absolute atomic E-state index is 0.0661. The van der Waals surface area contributed by atoms with Crippen LogP contribution in [0.2, 0.25) is 0 Å². The summed E-state index contributed by atoms with van der Waals surface area (Å²) in [6, 6.07) is 11.7. The molecule has 0 aliphatic heterocycles. The van der Waals surface area contributed by atoms with Crippen LogP contribution in [0.4, 0.5) is 0 Å². The van der Waals surface area contributed by atoms with Crippen LogP contribution in [0.25, 0.3) is 21.8 Å². The zero-order valence-corrected chi connectivity index (χ0v) is 9.21. The third-order valence-electron chi connectivity index (χ3n) is 2.95. The molecule has 1 N–H and O–H groups in total. The number of carboxylic acids is 1. The predicted octanol–water partition coefficient (Wildman–Crippen LogP) is 2.42. The zero-order chi connectivity index (χ0) is 12.0. The highest BCUT2D eigenvalue weighted by Crippen LogP contribution is 2.25. The minimum atomic E-state index is -1.01. The number of aromatic nitrogens is 2. The van der Waals surface area contributed by atoms with E-state index in [1.807, 2.05) is 36.4 Å². The Morgan fingerprint density at radius 3 is 2.76 bits per heavy atom. The molecule has 2 aromatic carbocycles. The Morgan fingerprint density at radius 2 is 2.00 bits per heavy atom. The Morgan fingerprint density at radius 1 is 1.24 bits per heavy atom. The molecule has 0 fully saturated rings. The van der Waals surface area contributed by atoms with Gasteiger partial charge in [0, 0.05) is 12.4 Å². The van der Waals surface area contributed by atoms with Gasteiger partial charge in [0.2, 0.25) is 5.82 Å². The van der Waals surface area contributed by atoms with E-state index in [-0.39, 0.29) is 5.82 Å². The Bertz CT molecular complexity index is 744. The molecule has 3 rings (SSSR count). The minimum Gasteiger partial charge on any atom is -0.475 e. The summed E-state index contributed by atoms with van der Waals surface area (Å²) in [6.07, 6.45) is 0. The molecule has 0 spiro atoms. The van der Waals surface area contributed by atoms with E-state index in [0.717, 1.165) is 16.3 Å². The topological polar surface area (TPSA) is 55.1 Å². The van der Waals surface area contributed by atoms with Crippen molar-refractivity contribution < 1.29 is 9.90 Å². The van der Waals surface area contributed by atoms with Crippen LogP contribution in [0.1, 0.15) is 10.6 Å². The second-order valence-corrected chi connectivity index (χ2v) is 3.95. The van der Waals surface area contributed by atoms with Gasteiger partial charge in [-0.1, -0.05) is 30.3 Å². The summed E-state index contributed by atoms with van der Waals surface area (Å²) in [5, 5.41) is 11.2. The fraction of sp³-hybridized carbons (Fsp3) is 0.0769. The van der Waals surface area contributed by atoms with Crippen LogP contribution in [0.5, 0.6) is 0 Å². The molecule has 1 aromatic heterocycles. The number of benzene rings is 2. The van der Waals surface area contributed by atoms with E-state index in [1.165, 1.54) is 0 Å². The lowest BCUT2D eigenvalue weighted by Gasteiger charge is -2.01. The number of fused-ring (bicyclic) bond motifs is 3. The zero-order valence-electron chi connectivity index (χ0n) is 9.21. The van der Waals surface area contributed by atoms with E-state index >= 15 is 0 Å². The van der Waals surface area contributed by atoms with Crippen molar-refractivity contribution in [2.24, 2.45) is 7.05 Å². The molecule has 0 radical (unpaired) electrons. The fourth-order valence-electron chi connectivity index (χ4n) is 2.17. The first-order valence-corrected chi connectivity index (χ1v) is 5.26. The fourth-order valence-corrected chi connectivity index (χ4v) is 2.17. The maximum Gasteiger partial charge on any atom is 0.372 e. The quantitative estimate of drug-likeness (QED) is 0.693. The molecule has 3 aromatic rings. The lowest BCUT2D eigenvalue weighted by Crippen LogP contribution is -2.05. The Hall–Kier alpha value is -2.36. The van der Waals surface area contributed by atoms with E-state index in [1.54, 1.807) is 11.6 Å². The van der Waals surface area contributed by atoms with Gasteiger partial charge in [0.15, 0.2) is 0 Å². The van der Waals surface area contributed by atoms with Gasteiger partial charge < -0.3 is 9.67 Å². The number of carbonyl (C=O) groups is 1. The van der Waals surface area contributed by atoms with Crippen molar-refractivity contribution in [1.29, 1.82) is 0 Å². The lowest BCUT2D eigenvalue weighted by molar-refractivity contribution is 0.0680. The molecule has 0 unspecified atom stereocenters. The first-order valence-electron chi connectivity index (χ1n) is 5.26. The summed E-state index contributed by atoms with van der Waals surface area (Å²) in [5.41, 5.74) is 1.57. The van der Waals surface area contributed by atoms with Crippen molar-refractivity contribution in [2.45, 2.75) is 0 Å². The number of nitrogens with zero attached hydrogens (tertiary/aromatic N) is 2. The number of hydrogen-bond donors (Lipinski definition) is 1. The summed E-state index contributed by atoms with van der Waals surface area (Å²) in [4.78, 5) is 15.2.